The van der Waals surface area contributed by atoms with E-state index in [0.717, 1.165) is 30.6 Å². The van der Waals surface area contributed by atoms with Crippen LogP contribution in [0.3, 0.4) is 0 Å². The highest BCUT2D eigenvalue weighted by atomic mass is 35.5. The summed E-state index contributed by atoms with van der Waals surface area (Å²) in [6.07, 6.45) is 4.49. The summed E-state index contributed by atoms with van der Waals surface area (Å²) in [6.45, 7) is 2.85. The zero-order chi connectivity index (χ0) is 9.97. The third-order valence-corrected chi connectivity index (χ3v) is 2.78. The molecule has 1 aromatic rings. The Morgan fingerprint density at radius 2 is 2.07 bits per heavy atom. The van der Waals surface area contributed by atoms with E-state index in [1.54, 1.807) is 0 Å². The van der Waals surface area contributed by atoms with E-state index in [2.05, 4.69) is 15.3 Å². The molecule has 0 spiro atoms. The minimum Gasteiger partial charge on any atom is -0.354 e. The van der Waals surface area contributed by atoms with Crippen LogP contribution in [0.15, 0.2) is 0 Å². The SMILES string of the molecule is CCNc1nc(Cl)c2c(n1)CCCC2. The van der Waals surface area contributed by atoms with Gasteiger partial charge in [0.15, 0.2) is 0 Å². The fourth-order valence-corrected chi connectivity index (χ4v) is 2.07. The topological polar surface area (TPSA) is 37.8 Å². The summed E-state index contributed by atoms with van der Waals surface area (Å²) in [5.41, 5.74) is 2.28. The van der Waals surface area contributed by atoms with Gasteiger partial charge in [0.2, 0.25) is 5.95 Å². The molecule has 1 aromatic heterocycles. The highest BCUT2D eigenvalue weighted by Gasteiger charge is 2.16. The lowest BCUT2D eigenvalue weighted by atomic mass is 9.97. The molecule has 0 atom stereocenters. The van der Waals surface area contributed by atoms with Crippen LogP contribution in [-0.4, -0.2) is 16.5 Å². The monoisotopic (exact) mass is 211 g/mol. The van der Waals surface area contributed by atoms with Gasteiger partial charge in [-0.1, -0.05) is 11.6 Å². The molecule has 14 heavy (non-hydrogen) atoms. The summed E-state index contributed by atoms with van der Waals surface area (Å²) < 4.78 is 0. The normalized spacial score (nSPS) is 15.0. The van der Waals surface area contributed by atoms with Gasteiger partial charge in [-0.15, -0.1) is 0 Å². The molecule has 0 aromatic carbocycles. The largest absolute Gasteiger partial charge is 0.354 e. The van der Waals surface area contributed by atoms with Crippen LogP contribution >= 0.6 is 11.6 Å². The van der Waals surface area contributed by atoms with Crippen LogP contribution < -0.4 is 5.32 Å². The molecule has 1 aliphatic carbocycles. The van der Waals surface area contributed by atoms with E-state index < -0.39 is 0 Å². The molecule has 0 unspecified atom stereocenters. The Bertz CT molecular complexity index is 338. The average molecular weight is 212 g/mol. The highest BCUT2D eigenvalue weighted by Crippen LogP contribution is 2.26. The zero-order valence-electron chi connectivity index (χ0n) is 8.31. The first-order valence-corrected chi connectivity index (χ1v) is 5.48. The molecule has 3 nitrogen and oxygen atoms in total. The van der Waals surface area contributed by atoms with Gasteiger partial charge < -0.3 is 5.32 Å². The summed E-state index contributed by atoms with van der Waals surface area (Å²) in [7, 11) is 0. The number of aromatic nitrogens is 2. The molecule has 0 bridgehead atoms. The van der Waals surface area contributed by atoms with Gasteiger partial charge in [0.25, 0.3) is 0 Å². The fourth-order valence-electron chi connectivity index (χ4n) is 1.79. The number of nitrogens with zero attached hydrogens (tertiary/aromatic N) is 2. The lowest BCUT2D eigenvalue weighted by Gasteiger charge is -2.16. The van der Waals surface area contributed by atoms with Crippen molar-refractivity contribution in [2.45, 2.75) is 32.6 Å². The van der Waals surface area contributed by atoms with Crippen molar-refractivity contribution in [1.82, 2.24) is 9.97 Å². The highest BCUT2D eigenvalue weighted by molar-refractivity contribution is 6.30. The van der Waals surface area contributed by atoms with E-state index in [9.17, 15) is 0 Å². The lowest BCUT2D eigenvalue weighted by molar-refractivity contribution is 0.663. The maximum Gasteiger partial charge on any atom is 0.224 e. The molecule has 1 heterocycles. The number of hydrogen-bond acceptors (Lipinski definition) is 3. The molecule has 0 aliphatic heterocycles. The molecule has 2 rings (SSSR count). The number of halogens is 1. The standard InChI is InChI=1S/C10H14ClN3/c1-2-12-10-13-8-6-4-3-5-7(8)9(11)14-10/h2-6H2,1H3,(H,12,13,14). The summed E-state index contributed by atoms with van der Waals surface area (Å²) in [6, 6.07) is 0. The minimum atomic E-state index is 0.630. The van der Waals surface area contributed by atoms with Gasteiger partial charge in [0.05, 0.1) is 5.69 Å². The van der Waals surface area contributed by atoms with Gasteiger partial charge in [0, 0.05) is 12.1 Å². The molecule has 76 valence electrons. The molecule has 0 amide bonds. The molecular formula is C10H14ClN3. The van der Waals surface area contributed by atoms with E-state index in [1.807, 2.05) is 6.92 Å². The van der Waals surface area contributed by atoms with Crippen LogP contribution in [0.4, 0.5) is 5.95 Å². The van der Waals surface area contributed by atoms with Gasteiger partial charge in [-0.25, -0.2) is 9.97 Å². The van der Waals surface area contributed by atoms with Crippen LogP contribution in [0.1, 0.15) is 31.0 Å². The van der Waals surface area contributed by atoms with Gasteiger partial charge in [-0.2, -0.15) is 0 Å². The average Bonchev–Trinajstić information content (AvgIpc) is 2.18. The fraction of sp³-hybridized carbons (Fsp3) is 0.600. The van der Waals surface area contributed by atoms with Crippen molar-refractivity contribution in [1.29, 1.82) is 0 Å². The van der Waals surface area contributed by atoms with E-state index >= 15 is 0 Å². The molecule has 0 fully saturated rings. The summed E-state index contributed by atoms with van der Waals surface area (Å²) in [5, 5.41) is 3.72. The van der Waals surface area contributed by atoms with Crippen molar-refractivity contribution in [2.24, 2.45) is 0 Å². The summed E-state index contributed by atoms with van der Waals surface area (Å²) in [5.74, 6) is 0.665. The molecule has 0 saturated carbocycles. The molecule has 1 N–H and O–H groups in total. The maximum absolute atomic E-state index is 6.09. The molecular weight excluding hydrogens is 198 g/mol. The van der Waals surface area contributed by atoms with Crippen LogP contribution in [-0.2, 0) is 12.8 Å². The van der Waals surface area contributed by atoms with Crippen LogP contribution in [0.2, 0.25) is 5.15 Å². The Morgan fingerprint density at radius 1 is 1.29 bits per heavy atom. The second-order valence-electron chi connectivity index (χ2n) is 3.50. The van der Waals surface area contributed by atoms with Crippen molar-refractivity contribution in [3.05, 3.63) is 16.4 Å². The first kappa shape index (κ1) is 9.71. The van der Waals surface area contributed by atoms with E-state index in [0.29, 0.717) is 11.1 Å². The van der Waals surface area contributed by atoms with Crippen molar-refractivity contribution in [2.75, 3.05) is 11.9 Å². The third-order valence-electron chi connectivity index (χ3n) is 2.47. The Labute approximate surface area is 88.9 Å². The molecule has 1 aliphatic rings. The smallest absolute Gasteiger partial charge is 0.224 e. The van der Waals surface area contributed by atoms with E-state index in [1.165, 1.54) is 12.8 Å². The predicted molar refractivity (Wildman–Crippen MR) is 57.8 cm³/mol. The van der Waals surface area contributed by atoms with Crippen LogP contribution in [0, 0.1) is 0 Å². The van der Waals surface area contributed by atoms with Crippen LogP contribution in [0.25, 0.3) is 0 Å². The number of hydrogen-bond donors (Lipinski definition) is 1. The number of fused-ring (bicyclic) bond motifs is 1. The Balaban J connectivity index is 2.36. The maximum atomic E-state index is 6.09. The number of anilines is 1. The Hall–Kier alpha value is -0.830. The molecule has 0 radical (unpaired) electrons. The van der Waals surface area contributed by atoms with E-state index in [-0.39, 0.29) is 0 Å². The van der Waals surface area contributed by atoms with Gasteiger partial charge in [0.1, 0.15) is 5.15 Å². The van der Waals surface area contributed by atoms with Crippen molar-refractivity contribution < 1.29 is 0 Å². The number of rotatable bonds is 2. The van der Waals surface area contributed by atoms with Crippen molar-refractivity contribution >= 4 is 17.5 Å². The summed E-state index contributed by atoms with van der Waals surface area (Å²) in [4.78, 5) is 8.68. The third kappa shape index (κ3) is 1.82. The first-order valence-electron chi connectivity index (χ1n) is 5.10. The Kier molecular flexibility index (Phi) is 2.87. The molecule has 4 heteroatoms. The van der Waals surface area contributed by atoms with Crippen molar-refractivity contribution in [3.8, 4) is 0 Å². The van der Waals surface area contributed by atoms with Gasteiger partial charge in [-0.3, -0.25) is 0 Å². The molecule has 0 saturated heterocycles. The first-order chi connectivity index (χ1) is 6.81. The zero-order valence-corrected chi connectivity index (χ0v) is 9.06. The second kappa shape index (κ2) is 4.13. The van der Waals surface area contributed by atoms with Crippen molar-refractivity contribution in [3.63, 3.8) is 0 Å². The summed E-state index contributed by atoms with van der Waals surface area (Å²) >= 11 is 6.09. The van der Waals surface area contributed by atoms with E-state index in [4.69, 9.17) is 11.6 Å². The quantitative estimate of drug-likeness (QED) is 0.764. The van der Waals surface area contributed by atoms with Gasteiger partial charge >= 0.3 is 0 Å². The predicted octanol–water partition coefficient (Wildman–Crippen LogP) is 2.44. The minimum absolute atomic E-state index is 0.630. The second-order valence-corrected chi connectivity index (χ2v) is 3.86. The lowest BCUT2D eigenvalue weighted by Crippen LogP contribution is -2.11. The van der Waals surface area contributed by atoms with Crippen LogP contribution in [0.5, 0.6) is 0 Å². The number of nitrogens with one attached hydrogen (secondary N) is 1. The van der Waals surface area contributed by atoms with Gasteiger partial charge in [-0.05, 0) is 32.6 Å². The Morgan fingerprint density at radius 3 is 2.86 bits per heavy atom. The number of aryl methyl sites for hydroxylation is 1.